The number of aromatic nitrogens is 2. The number of hydrogen-bond acceptors (Lipinski definition) is 3. The van der Waals surface area contributed by atoms with Gasteiger partial charge in [0.05, 0.1) is 13.4 Å². The Kier molecular flexibility index (Phi) is 3.12. The summed E-state index contributed by atoms with van der Waals surface area (Å²) < 4.78 is 4.73. The summed E-state index contributed by atoms with van der Waals surface area (Å²) in [5.74, 6) is 0.806. The SMILES string of the molecule is COC=CCc1ncccn1. The van der Waals surface area contributed by atoms with Crippen LogP contribution in [0.1, 0.15) is 5.82 Å². The van der Waals surface area contributed by atoms with E-state index in [0.717, 1.165) is 5.82 Å². The van der Waals surface area contributed by atoms with E-state index in [1.165, 1.54) is 0 Å². The normalized spacial score (nSPS) is 10.3. The van der Waals surface area contributed by atoms with Crippen molar-refractivity contribution >= 4 is 0 Å². The molecule has 0 aromatic carbocycles. The van der Waals surface area contributed by atoms with E-state index in [2.05, 4.69) is 9.97 Å². The van der Waals surface area contributed by atoms with E-state index in [1.54, 1.807) is 31.8 Å². The molecule has 0 unspecified atom stereocenters. The molecule has 1 rings (SSSR count). The van der Waals surface area contributed by atoms with Crippen molar-refractivity contribution in [2.24, 2.45) is 0 Å². The average molecular weight is 150 g/mol. The summed E-state index contributed by atoms with van der Waals surface area (Å²) in [6.07, 6.45) is 7.66. The van der Waals surface area contributed by atoms with Gasteiger partial charge in [0.2, 0.25) is 0 Å². The highest BCUT2D eigenvalue weighted by molar-refractivity contribution is 4.94. The fourth-order valence-electron chi connectivity index (χ4n) is 0.685. The van der Waals surface area contributed by atoms with Crippen molar-refractivity contribution in [2.45, 2.75) is 6.42 Å². The Hall–Kier alpha value is -1.38. The second-order valence-electron chi connectivity index (χ2n) is 1.98. The Morgan fingerprint density at radius 2 is 2.18 bits per heavy atom. The van der Waals surface area contributed by atoms with Crippen molar-refractivity contribution in [1.82, 2.24) is 9.97 Å². The van der Waals surface area contributed by atoms with Gasteiger partial charge in [-0.15, -0.1) is 0 Å². The molecule has 1 aromatic rings. The maximum absolute atomic E-state index is 4.73. The molecule has 0 saturated carbocycles. The van der Waals surface area contributed by atoms with Crippen LogP contribution in [-0.2, 0) is 11.2 Å². The van der Waals surface area contributed by atoms with Gasteiger partial charge in [-0.2, -0.15) is 0 Å². The Morgan fingerprint density at radius 1 is 1.45 bits per heavy atom. The molecule has 0 amide bonds. The zero-order valence-electron chi connectivity index (χ0n) is 6.40. The summed E-state index contributed by atoms with van der Waals surface area (Å²) in [7, 11) is 1.61. The van der Waals surface area contributed by atoms with Crippen molar-refractivity contribution in [2.75, 3.05) is 7.11 Å². The van der Waals surface area contributed by atoms with Crippen molar-refractivity contribution in [3.63, 3.8) is 0 Å². The Balaban J connectivity index is 2.45. The first kappa shape index (κ1) is 7.72. The monoisotopic (exact) mass is 150 g/mol. The van der Waals surface area contributed by atoms with Gasteiger partial charge in [-0.25, -0.2) is 9.97 Å². The molecule has 0 atom stereocenters. The fourth-order valence-corrected chi connectivity index (χ4v) is 0.685. The van der Waals surface area contributed by atoms with Crippen molar-refractivity contribution in [1.29, 1.82) is 0 Å². The summed E-state index contributed by atoms with van der Waals surface area (Å²) in [6.45, 7) is 0. The highest BCUT2D eigenvalue weighted by Crippen LogP contribution is 1.89. The molecule has 3 heteroatoms. The third-order valence-corrected chi connectivity index (χ3v) is 1.15. The lowest BCUT2D eigenvalue weighted by molar-refractivity contribution is 0.336. The van der Waals surface area contributed by atoms with Gasteiger partial charge in [0.1, 0.15) is 5.82 Å². The molecular weight excluding hydrogens is 140 g/mol. The third kappa shape index (κ3) is 2.80. The molecule has 0 saturated heterocycles. The smallest absolute Gasteiger partial charge is 0.132 e. The Labute approximate surface area is 65.8 Å². The molecule has 58 valence electrons. The van der Waals surface area contributed by atoms with Crippen LogP contribution in [0.25, 0.3) is 0 Å². The third-order valence-electron chi connectivity index (χ3n) is 1.15. The second kappa shape index (κ2) is 4.44. The summed E-state index contributed by atoms with van der Waals surface area (Å²) in [6, 6.07) is 1.80. The zero-order chi connectivity index (χ0) is 7.94. The number of rotatable bonds is 3. The van der Waals surface area contributed by atoms with Gasteiger partial charge in [0.25, 0.3) is 0 Å². The number of methoxy groups -OCH3 is 1. The fraction of sp³-hybridized carbons (Fsp3) is 0.250. The van der Waals surface area contributed by atoms with Crippen molar-refractivity contribution in [3.8, 4) is 0 Å². The van der Waals surface area contributed by atoms with Gasteiger partial charge >= 0.3 is 0 Å². The molecule has 0 aliphatic heterocycles. The van der Waals surface area contributed by atoms with Crippen LogP contribution in [-0.4, -0.2) is 17.1 Å². The van der Waals surface area contributed by atoms with Crippen LogP contribution in [0, 0.1) is 0 Å². The van der Waals surface area contributed by atoms with E-state index in [-0.39, 0.29) is 0 Å². The molecule has 0 aliphatic carbocycles. The molecule has 0 N–H and O–H groups in total. The predicted octanol–water partition coefficient (Wildman–Crippen LogP) is 1.18. The van der Waals surface area contributed by atoms with E-state index in [0.29, 0.717) is 6.42 Å². The lowest BCUT2D eigenvalue weighted by atomic mass is 10.4. The molecule has 1 heterocycles. The van der Waals surface area contributed by atoms with E-state index >= 15 is 0 Å². The molecule has 11 heavy (non-hydrogen) atoms. The minimum Gasteiger partial charge on any atom is -0.505 e. The van der Waals surface area contributed by atoms with Gasteiger partial charge in [0, 0.05) is 18.8 Å². The minimum absolute atomic E-state index is 0.717. The van der Waals surface area contributed by atoms with Crippen LogP contribution in [0.15, 0.2) is 30.8 Å². The maximum atomic E-state index is 4.73. The largest absolute Gasteiger partial charge is 0.505 e. The highest BCUT2D eigenvalue weighted by Gasteiger charge is 1.87. The molecule has 0 aliphatic rings. The molecule has 0 spiro atoms. The second-order valence-corrected chi connectivity index (χ2v) is 1.98. The summed E-state index contributed by atoms with van der Waals surface area (Å²) >= 11 is 0. The van der Waals surface area contributed by atoms with Crippen LogP contribution in [0.2, 0.25) is 0 Å². The molecular formula is C8H10N2O. The van der Waals surface area contributed by atoms with E-state index in [4.69, 9.17) is 4.74 Å². The van der Waals surface area contributed by atoms with Gasteiger partial charge < -0.3 is 4.74 Å². The van der Waals surface area contributed by atoms with E-state index in [9.17, 15) is 0 Å². The van der Waals surface area contributed by atoms with Crippen LogP contribution >= 0.6 is 0 Å². The first-order valence-electron chi connectivity index (χ1n) is 3.37. The summed E-state index contributed by atoms with van der Waals surface area (Å²) in [5, 5.41) is 0. The maximum Gasteiger partial charge on any atom is 0.132 e. The topological polar surface area (TPSA) is 35.0 Å². The van der Waals surface area contributed by atoms with Crippen LogP contribution in [0.3, 0.4) is 0 Å². The average Bonchev–Trinajstić information content (AvgIpc) is 2.07. The number of allylic oxidation sites excluding steroid dienone is 1. The van der Waals surface area contributed by atoms with Gasteiger partial charge in [-0.3, -0.25) is 0 Å². The number of ether oxygens (including phenoxy) is 1. The Morgan fingerprint density at radius 3 is 2.82 bits per heavy atom. The standard InChI is InChI=1S/C8H10N2O/c1-11-7-2-4-8-9-5-3-6-10-8/h2-3,5-7H,4H2,1H3. The summed E-state index contributed by atoms with van der Waals surface area (Å²) in [4.78, 5) is 8.07. The van der Waals surface area contributed by atoms with Crippen LogP contribution < -0.4 is 0 Å². The molecule has 0 fully saturated rings. The number of nitrogens with zero attached hydrogens (tertiary/aromatic N) is 2. The first-order chi connectivity index (χ1) is 5.43. The lowest BCUT2D eigenvalue weighted by Gasteiger charge is -1.91. The minimum atomic E-state index is 0.717. The lowest BCUT2D eigenvalue weighted by Crippen LogP contribution is -1.89. The van der Waals surface area contributed by atoms with Crippen molar-refractivity contribution in [3.05, 3.63) is 36.6 Å². The molecule has 3 nitrogen and oxygen atoms in total. The van der Waals surface area contributed by atoms with Crippen LogP contribution in [0.4, 0.5) is 0 Å². The predicted molar refractivity (Wildman–Crippen MR) is 41.9 cm³/mol. The van der Waals surface area contributed by atoms with E-state index < -0.39 is 0 Å². The Bertz CT molecular complexity index is 221. The number of hydrogen-bond donors (Lipinski definition) is 0. The van der Waals surface area contributed by atoms with Crippen molar-refractivity contribution < 1.29 is 4.74 Å². The molecule has 1 aromatic heterocycles. The van der Waals surface area contributed by atoms with Crippen LogP contribution in [0.5, 0.6) is 0 Å². The van der Waals surface area contributed by atoms with Gasteiger partial charge in [-0.1, -0.05) is 0 Å². The van der Waals surface area contributed by atoms with Gasteiger partial charge in [0.15, 0.2) is 0 Å². The first-order valence-corrected chi connectivity index (χ1v) is 3.37. The highest BCUT2D eigenvalue weighted by atomic mass is 16.5. The molecule has 0 bridgehead atoms. The zero-order valence-corrected chi connectivity index (χ0v) is 6.40. The molecule has 0 radical (unpaired) electrons. The summed E-state index contributed by atoms with van der Waals surface area (Å²) in [5.41, 5.74) is 0. The quantitative estimate of drug-likeness (QED) is 0.607. The van der Waals surface area contributed by atoms with Gasteiger partial charge in [-0.05, 0) is 12.1 Å². The van der Waals surface area contributed by atoms with E-state index in [1.807, 2.05) is 6.08 Å².